The van der Waals surface area contributed by atoms with Gasteiger partial charge in [-0.3, -0.25) is 14.9 Å². The Labute approximate surface area is 168 Å². The molecule has 10 heteroatoms. The number of carbonyl (C=O) groups excluding carboxylic acids is 3. The molecule has 0 spiro atoms. The van der Waals surface area contributed by atoms with Gasteiger partial charge in [-0.1, -0.05) is 6.92 Å². The fourth-order valence-corrected chi connectivity index (χ4v) is 2.36. The molecule has 10 nitrogen and oxygen atoms in total. The minimum absolute atomic E-state index is 0.0838. The Morgan fingerprint density at radius 3 is 2.00 bits per heavy atom. The molecule has 1 N–H and O–H groups in total. The second-order valence-corrected chi connectivity index (χ2v) is 6.04. The van der Waals surface area contributed by atoms with Crippen molar-refractivity contribution in [2.75, 3.05) is 38.5 Å². The minimum Gasteiger partial charge on any atom is -0.481 e. The number of methoxy groups -OCH3 is 2. The molecule has 0 aliphatic heterocycles. The van der Waals surface area contributed by atoms with Gasteiger partial charge in [-0.2, -0.15) is 9.97 Å². The average Bonchev–Trinajstić information content (AvgIpc) is 2.73. The summed E-state index contributed by atoms with van der Waals surface area (Å²) in [6.07, 6.45) is 0.0914. The summed E-state index contributed by atoms with van der Waals surface area (Å²) in [6.45, 7) is 1.64. The Hall–Kier alpha value is -3.69. The molecule has 29 heavy (non-hydrogen) atoms. The third-order valence-electron chi connectivity index (χ3n) is 3.85. The van der Waals surface area contributed by atoms with E-state index in [1.54, 1.807) is 33.2 Å². The number of nitrogens with one attached hydrogen (secondary N) is 1. The van der Waals surface area contributed by atoms with E-state index < -0.39 is 11.9 Å². The summed E-state index contributed by atoms with van der Waals surface area (Å²) in [6, 6.07) is 6.84. The molecule has 2 rings (SSSR count). The number of ether oxygens (including phenoxy) is 2. The van der Waals surface area contributed by atoms with Crippen molar-refractivity contribution < 1.29 is 23.9 Å². The molecule has 4 amide bonds. The van der Waals surface area contributed by atoms with E-state index in [0.29, 0.717) is 11.3 Å². The normalized spacial score (nSPS) is 10.1. The van der Waals surface area contributed by atoms with Crippen molar-refractivity contribution in [1.82, 2.24) is 14.9 Å². The summed E-state index contributed by atoms with van der Waals surface area (Å²) >= 11 is 0. The summed E-state index contributed by atoms with van der Waals surface area (Å²) in [5.74, 6) is -0.339. The second kappa shape index (κ2) is 9.49. The number of benzene rings is 1. The molecule has 0 saturated carbocycles. The lowest BCUT2D eigenvalue weighted by atomic mass is 10.1. The van der Waals surface area contributed by atoms with Gasteiger partial charge in [-0.15, -0.1) is 0 Å². The van der Waals surface area contributed by atoms with Crippen molar-refractivity contribution in [3.63, 3.8) is 0 Å². The Kier molecular flexibility index (Phi) is 7.07. The maximum Gasteiger partial charge on any atom is 0.335 e. The maximum absolute atomic E-state index is 12.8. The molecule has 1 heterocycles. The molecule has 0 atom stereocenters. The molecule has 0 aliphatic carbocycles. The zero-order valence-electron chi connectivity index (χ0n) is 16.9. The summed E-state index contributed by atoms with van der Waals surface area (Å²) < 4.78 is 10.1. The molecule has 1 aromatic heterocycles. The Morgan fingerprint density at radius 1 is 1.00 bits per heavy atom. The first-order chi connectivity index (χ1) is 13.8. The van der Waals surface area contributed by atoms with Crippen LogP contribution in [0.1, 0.15) is 23.7 Å². The van der Waals surface area contributed by atoms with Gasteiger partial charge in [0.2, 0.25) is 23.6 Å². The fraction of sp³-hybridized carbons (Fsp3) is 0.316. The van der Waals surface area contributed by atoms with E-state index in [2.05, 4.69) is 15.3 Å². The van der Waals surface area contributed by atoms with Crippen LogP contribution in [0.15, 0.2) is 30.3 Å². The van der Waals surface area contributed by atoms with E-state index in [9.17, 15) is 14.4 Å². The first-order valence-corrected chi connectivity index (χ1v) is 8.73. The number of hydrogen-bond donors (Lipinski definition) is 1. The number of urea groups is 1. The van der Waals surface area contributed by atoms with Crippen molar-refractivity contribution in [2.24, 2.45) is 0 Å². The number of carbonyl (C=O) groups is 3. The lowest BCUT2D eigenvalue weighted by molar-refractivity contribution is -0.117. The van der Waals surface area contributed by atoms with Gasteiger partial charge < -0.3 is 14.4 Å². The molecular weight excluding hydrogens is 378 g/mol. The highest BCUT2D eigenvalue weighted by atomic mass is 16.5. The number of anilines is 2. The van der Waals surface area contributed by atoms with Crippen LogP contribution < -0.4 is 19.7 Å². The summed E-state index contributed by atoms with van der Waals surface area (Å²) in [5, 5.41) is 2.47. The van der Waals surface area contributed by atoms with Gasteiger partial charge in [0.15, 0.2) is 0 Å². The van der Waals surface area contributed by atoms with Crippen molar-refractivity contribution in [3.8, 4) is 11.8 Å². The number of aromatic nitrogens is 2. The van der Waals surface area contributed by atoms with Crippen LogP contribution in [-0.4, -0.2) is 61.0 Å². The van der Waals surface area contributed by atoms with Crippen LogP contribution in [0.4, 0.5) is 16.4 Å². The molecular formula is C19H23N5O5. The number of rotatable bonds is 6. The number of imide groups is 1. The minimum atomic E-state index is -0.751. The lowest BCUT2D eigenvalue weighted by Crippen LogP contribution is -2.40. The highest BCUT2D eigenvalue weighted by Crippen LogP contribution is 2.21. The third kappa shape index (κ3) is 5.18. The lowest BCUT2D eigenvalue weighted by Gasteiger charge is -2.21. The molecule has 0 radical (unpaired) electrons. The van der Waals surface area contributed by atoms with E-state index in [4.69, 9.17) is 9.47 Å². The average molecular weight is 401 g/mol. The molecule has 0 unspecified atom stereocenters. The van der Waals surface area contributed by atoms with Gasteiger partial charge in [0.05, 0.1) is 26.0 Å². The predicted molar refractivity (Wildman–Crippen MR) is 106 cm³/mol. The monoisotopic (exact) mass is 401 g/mol. The smallest absolute Gasteiger partial charge is 0.335 e. The van der Waals surface area contributed by atoms with E-state index in [1.807, 2.05) is 0 Å². The van der Waals surface area contributed by atoms with E-state index in [1.165, 1.54) is 37.3 Å². The molecule has 2 aromatic rings. The molecule has 0 saturated heterocycles. The van der Waals surface area contributed by atoms with Gasteiger partial charge in [0.25, 0.3) is 5.91 Å². The molecule has 154 valence electrons. The molecule has 0 fully saturated rings. The Morgan fingerprint density at radius 2 is 1.55 bits per heavy atom. The van der Waals surface area contributed by atoms with Crippen LogP contribution in [0.5, 0.6) is 11.8 Å². The summed E-state index contributed by atoms with van der Waals surface area (Å²) in [5.41, 5.74) is 0.739. The largest absolute Gasteiger partial charge is 0.481 e. The van der Waals surface area contributed by atoms with Gasteiger partial charge in [0, 0.05) is 26.1 Å². The van der Waals surface area contributed by atoms with Crippen molar-refractivity contribution in [2.45, 2.75) is 13.3 Å². The molecule has 1 aromatic carbocycles. The van der Waals surface area contributed by atoms with Crippen LogP contribution in [-0.2, 0) is 4.79 Å². The summed E-state index contributed by atoms with van der Waals surface area (Å²) in [4.78, 5) is 47.7. The Balaban J connectivity index is 2.32. The fourth-order valence-electron chi connectivity index (χ4n) is 2.36. The number of amides is 4. The van der Waals surface area contributed by atoms with Gasteiger partial charge in [0.1, 0.15) is 0 Å². The standard InChI is InChI=1S/C19H23N5O5/c1-6-16(25)24(13-9-7-12(8-10-13)17(26)23(2)3)19(27)22-18-20-14(28-4)11-15(21-18)29-5/h7-11H,6H2,1-5H3,(H,20,21,22,27). The van der Waals surface area contributed by atoms with Gasteiger partial charge in [-0.25, -0.2) is 9.69 Å². The summed E-state index contributed by atoms with van der Waals surface area (Å²) in [7, 11) is 6.10. The molecule has 0 bridgehead atoms. The third-order valence-corrected chi connectivity index (χ3v) is 3.85. The van der Waals surface area contributed by atoms with Crippen LogP contribution >= 0.6 is 0 Å². The van der Waals surface area contributed by atoms with Crippen LogP contribution in [0, 0.1) is 0 Å². The quantitative estimate of drug-likeness (QED) is 0.789. The van der Waals surface area contributed by atoms with Crippen LogP contribution in [0.2, 0.25) is 0 Å². The molecule has 0 aliphatic rings. The topological polar surface area (TPSA) is 114 Å². The van der Waals surface area contributed by atoms with E-state index in [0.717, 1.165) is 4.90 Å². The zero-order valence-corrected chi connectivity index (χ0v) is 16.9. The first kappa shape index (κ1) is 21.6. The van der Waals surface area contributed by atoms with E-state index in [-0.39, 0.29) is 30.0 Å². The SMILES string of the molecule is CCC(=O)N(C(=O)Nc1nc(OC)cc(OC)n1)c1ccc(C(=O)N(C)C)cc1. The number of hydrogen-bond acceptors (Lipinski definition) is 7. The maximum atomic E-state index is 12.8. The number of nitrogens with zero attached hydrogens (tertiary/aromatic N) is 4. The highest BCUT2D eigenvalue weighted by molar-refractivity contribution is 6.18. The van der Waals surface area contributed by atoms with Gasteiger partial charge >= 0.3 is 6.03 Å². The van der Waals surface area contributed by atoms with Crippen molar-refractivity contribution >= 4 is 29.5 Å². The highest BCUT2D eigenvalue weighted by Gasteiger charge is 2.24. The van der Waals surface area contributed by atoms with E-state index >= 15 is 0 Å². The first-order valence-electron chi connectivity index (χ1n) is 8.73. The van der Waals surface area contributed by atoms with Crippen LogP contribution in [0.25, 0.3) is 0 Å². The van der Waals surface area contributed by atoms with Crippen LogP contribution in [0.3, 0.4) is 0 Å². The second-order valence-electron chi connectivity index (χ2n) is 6.04. The van der Waals surface area contributed by atoms with Crippen molar-refractivity contribution in [3.05, 3.63) is 35.9 Å². The predicted octanol–water partition coefficient (Wildman–Crippen LogP) is 2.17. The van der Waals surface area contributed by atoms with Crippen molar-refractivity contribution in [1.29, 1.82) is 0 Å². The van der Waals surface area contributed by atoms with Gasteiger partial charge in [-0.05, 0) is 24.3 Å². The Bertz CT molecular complexity index is 876. The zero-order chi connectivity index (χ0) is 21.6.